The summed E-state index contributed by atoms with van der Waals surface area (Å²) in [5.41, 5.74) is 6.34. The van der Waals surface area contributed by atoms with Crippen molar-refractivity contribution in [3.8, 4) is 22.5 Å². The summed E-state index contributed by atoms with van der Waals surface area (Å²) in [6.45, 7) is 1.68. The molecule has 3 heterocycles. The van der Waals surface area contributed by atoms with E-state index in [9.17, 15) is 0 Å². The Balaban J connectivity index is 1.54. The van der Waals surface area contributed by atoms with Crippen LogP contribution in [-0.4, -0.2) is 23.1 Å². The monoisotopic (exact) mass is 396 g/mol. The summed E-state index contributed by atoms with van der Waals surface area (Å²) in [4.78, 5) is 9.21. The van der Waals surface area contributed by atoms with Crippen LogP contribution in [0.1, 0.15) is 23.5 Å². The molecule has 6 nitrogen and oxygen atoms in total. The van der Waals surface area contributed by atoms with Gasteiger partial charge in [0.15, 0.2) is 0 Å². The fraction of sp³-hybridized carbons (Fsp3) is 0.167. The normalized spacial score (nSPS) is 20.4. The van der Waals surface area contributed by atoms with Crippen molar-refractivity contribution in [1.82, 2.24) is 31.2 Å². The van der Waals surface area contributed by atoms with Crippen molar-refractivity contribution in [1.29, 1.82) is 0 Å². The smallest absolute Gasteiger partial charge is 0.116 e. The van der Waals surface area contributed by atoms with E-state index in [4.69, 9.17) is 0 Å². The van der Waals surface area contributed by atoms with Crippen LogP contribution in [-0.2, 0) is 0 Å². The summed E-state index contributed by atoms with van der Waals surface area (Å²) in [5, 5.41) is 13.7. The molecule has 0 aliphatic carbocycles. The minimum absolute atomic E-state index is 0.0549. The lowest BCUT2D eigenvalue weighted by Crippen LogP contribution is -2.35. The van der Waals surface area contributed by atoms with Gasteiger partial charge in [-0.05, 0) is 29.6 Å². The Morgan fingerprint density at radius 3 is 1.63 bits per heavy atom. The van der Waals surface area contributed by atoms with Gasteiger partial charge in [0.1, 0.15) is 18.7 Å². The first-order chi connectivity index (χ1) is 14.9. The molecule has 0 radical (unpaired) electrons. The highest BCUT2D eigenvalue weighted by Crippen LogP contribution is 2.31. The van der Waals surface area contributed by atoms with Crippen LogP contribution in [0, 0.1) is 0 Å². The molecule has 1 aromatic heterocycles. The Labute approximate surface area is 176 Å². The first-order valence-electron chi connectivity index (χ1n) is 10.2. The average Bonchev–Trinajstić information content (AvgIpc) is 2.85. The van der Waals surface area contributed by atoms with Crippen molar-refractivity contribution in [3.05, 3.63) is 96.6 Å². The average molecular weight is 396 g/mol. The lowest BCUT2D eigenvalue weighted by atomic mass is 9.97. The van der Waals surface area contributed by atoms with Gasteiger partial charge < -0.3 is 10.6 Å². The number of hydrogen-bond acceptors (Lipinski definition) is 6. The van der Waals surface area contributed by atoms with Crippen molar-refractivity contribution in [3.63, 3.8) is 0 Å². The Morgan fingerprint density at radius 2 is 1.17 bits per heavy atom. The number of rotatable bonds is 4. The second-order valence-electron chi connectivity index (χ2n) is 7.28. The van der Waals surface area contributed by atoms with Crippen LogP contribution < -0.4 is 21.3 Å². The second kappa shape index (κ2) is 8.49. The molecule has 4 N–H and O–H groups in total. The van der Waals surface area contributed by atoms with E-state index in [1.54, 1.807) is 6.33 Å². The first kappa shape index (κ1) is 18.5. The standard InChI is InChI=1S/C24H24N6/c1-3-9-19(23-25-11-5-12-26-23)17(7-1)21-15-22(30-16-29-21)18-8-2-4-10-20(18)24-27-13-6-14-28-24/h1-11,13,15-16,23-28H,12,14H2. The summed E-state index contributed by atoms with van der Waals surface area (Å²) in [5.74, 6) is 0. The molecule has 2 aromatic carbocycles. The Kier molecular flexibility index (Phi) is 5.25. The van der Waals surface area contributed by atoms with E-state index >= 15 is 0 Å². The minimum atomic E-state index is 0.0549. The third-order valence-electron chi connectivity index (χ3n) is 5.40. The highest BCUT2D eigenvalue weighted by molar-refractivity contribution is 5.72. The van der Waals surface area contributed by atoms with Crippen LogP contribution in [0.3, 0.4) is 0 Å². The van der Waals surface area contributed by atoms with Gasteiger partial charge in [0, 0.05) is 24.2 Å². The van der Waals surface area contributed by atoms with Crippen molar-refractivity contribution in [2.75, 3.05) is 13.1 Å². The summed E-state index contributed by atoms with van der Waals surface area (Å²) >= 11 is 0. The molecule has 150 valence electrons. The van der Waals surface area contributed by atoms with Crippen molar-refractivity contribution in [2.24, 2.45) is 0 Å². The maximum absolute atomic E-state index is 4.61. The molecule has 0 amide bonds. The van der Waals surface area contributed by atoms with Crippen LogP contribution in [0.15, 0.2) is 85.5 Å². The highest BCUT2D eigenvalue weighted by Gasteiger charge is 2.19. The Bertz CT molecular complexity index is 1010. The summed E-state index contributed by atoms with van der Waals surface area (Å²) < 4.78 is 0. The van der Waals surface area contributed by atoms with E-state index < -0.39 is 0 Å². The van der Waals surface area contributed by atoms with Crippen LogP contribution in [0.5, 0.6) is 0 Å². The molecule has 0 spiro atoms. The SMILES string of the molecule is C1=CNC(c2ccccc2-c2cc(-c3ccccc3C3NC=CCN3)ncn2)NC1. The van der Waals surface area contributed by atoms with Gasteiger partial charge in [0.2, 0.25) is 0 Å². The summed E-state index contributed by atoms with van der Waals surface area (Å²) in [6, 6.07) is 18.8. The number of hydrogen-bond donors (Lipinski definition) is 4. The van der Waals surface area contributed by atoms with E-state index in [2.05, 4.69) is 98.0 Å². The molecule has 2 unspecified atom stereocenters. The third-order valence-corrected chi connectivity index (χ3v) is 5.40. The van der Waals surface area contributed by atoms with E-state index in [0.717, 1.165) is 35.6 Å². The lowest BCUT2D eigenvalue weighted by Gasteiger charge is -2.25. The van der Waals surface area contributed by atoms with Gasteiger partial charge in [-0.1, -0.05) is 60.7 Å². The molecular weight excluding hydrogens is 372 g/mol. The zero-order chi connectivity index (χ0) is 20.2. The van der Waals surface area contributed by atoms with E-state index in [1.807, 2.05) is 12.4 Å². The van der Waals surface area contributed by atoms with Crippen molar-refractivity contribution >= 4 is 0 Å². The second-order valence-corrected chi connectivity index (χ2v) is 7.28. The van der Waals surface area contributed by atoms with E-state index in [1.165, 1.54) is 11.1 Å². The van der Waals surface area contributed by atoms with Gasteiger partial charge in [-0.25, -0.2) is 9.97 Å². The fourth-order valence-corrected chi connectivity index (χ4v) is 3.95. The third kappa shape index (κ3) is 3.70. The molecule has 6 heteroatoms. The van der Waals surface area contributed by atoms with Gasteiger partial charge in [0.25, 0.3) is 0 Å². The number of nitrogens with one attached hydrogen (secondary N) is 4. The summed E-state index contributed by atoms with van der Waals surface area (Å²) in [6.07, 6.45) is 9.90. The van der Waals surface area contributed by atoms with Gasteiger partial charge in [0.05, 0.1) is 11.4 Å². The zero-order valence-electron chi connectivity index (χ0n) is 16.5. The molecule has 0 fully saturated rings. The molecule has 0 saturated heterocycles. The molecule has 30 heavy (non-hydrogen) atoms. The lowest BCUT2D eigenvalue weighted by molar-refractivity contribution is 0.499. The number of aromatic nitrogens is 2. The van der Waals surface area contributed by atoms with Crippen LogP contribution in [0.4, 0.5) is 0 Å². The molecular formula is C24H24N6. The summed E-state index contributed by atoms with van der Waals surface area (Å²) in [7, 11) is 0. The molecule has 2 atom stereocenters. The first-order valence-corrected chi connectivity index (χ1v) is 10.2. The predicted molar refractivity (Wildman–Crippen MR) is 119 cm³/mol. The highest BCUT2D eigenvalue weighted by atomic mass is 15.1. The van der Waals surface area contributed by atoms with Crippen LogP contribution in [0.2, 0.25) is 0 Å². The Morgan fingerprint density at radius 1 is 0.667 bits per heavy atom. The fourth-order valence-electron chi connectivity index (χ4n) is 3.95. The molecule has 2 aliphatic heterocycles. The van der Waals surface area contributed by atoms with Gasteiger partial charge in [-0.2, -0.15) is 0 Å². The van der Waals surface area contributed by atoms with Gasteiger partial charge in [-0.3, -0.25) is 10.6 Å². The molecule has 3 aromatic rings. The quantitative estimate of drug-likeness (QED) is 0.543. The van der Waals surface area contributed by atoms with E-state index in [0.29, 0.717) is 0 Å². The molecule has 5 rings (SSSR count). The Hall–Kier alpha value is -3.48. The van der Waals surface area contributed by atoms with Crippen molar-refractivity contribution < 1.29 is 0 Å². The van der Waals surface area contributed by atoms with Crippen LogP contribution >= 0.6 is 0 Å². The number of nitrogens with zero attached hydrogens (tertiary/aromatic N) is 2. The maximum Gasteiger partial charge on any atom is 0.116 e. The number of benzene rings is 2. The van der Waals surface area contributed by atoms with Crippen molar-refractivity contribution in [2.45, 2.75) is 12.3 Å². The van der Waals surface area contributed by atoms with Crippen LogP contribution in [0.25, 0.3) is 22.5 Å². The topological polar surface area (TPSA) is 73.9 Å². The minimum Gasteiger partial charge on any atom is -0.372 e. The molecule has 2 aliphatic rings. The molecule has 0 saturated carbocycles. The van der Waals surface area contributed by atoms with Gasteiger partial charge in [-0.15, -0.1) is 0 Å². The maximum atomic E-state index is 4.61. The zero-order valence-corrected chi connectivity index (χ0v) is 16.5. The van der Waals surface area contributed by atoms with Gasteiger partial charge >= 0.3 is 0 Å². The molecule has 0 bridgehead atoms. The van der Waals surface area contributed by atoms with E-state index in [-0.39, 0.29) is 12.3 Å². The largest absolute Gasteiger partial charge is 0.372 e. The predicted octanol–water partition coefficient (Wildman–Crippen LogP) is 3.22.